The van der Waals surface area contributed by atoms with Gasteiger partial charge >= 0.3 is 0 Å². The van der Waals surface area contributed by atoms with E-state index in [2.05, 4.69) is 19.2 Å². The van der Waals surface area contributed by atoms with Gasteiger partial charge in [0, 0.05) is 12.6 Å². The molecule has 0 fully saturated rings. The minimum atomic E-state index is -0.468. The van der Waals surface area contributed by atoms with Gasteiger partial charge in [0.05, 0.1) is 13.2 Å². The first-order valence-corrected chi connectivity index (χ1v) is 6.56. The van der Waals surface area contributed by atoms with Gasteiger partial charge < -0.3 is 15.2 Å². The molecule has 0 aliphatic heterocycles. The summed E-state index contributed by atoms with van der Waals surface area (Å²) < 4.78 is 5.23. The number of benzene rings is 1. The van der Waals surface area contributed by atoms with Gasteiger partial charge in [-0.3, -0.25) is 0 Å². The molecule has 0 saturated carbocycles. The molecular weight excluding hydrogens is 226 g/mol. The smallest absolute Gasteiger partial charge is 0.119 e. The van der Waals surface area contributed by atoms with Crippen LogP contribution < -0.4 is 10.1 Å². The highest BCUT2D eigenvalue weighted by molar-refractivity contribution is 5.42. The van der Waals surface area contributed by atoms with E-state index in [-0.39, 0.29) is 0 Å². The third kappa shape index (κ3) is 3.72. The Morgan fingerprint density at radius 1 is 1.28 bits per heavy atom. The lowest BCUT2D eigenvalue weighted by molar-refractivity contribution is 0.169. The highest BCUT2D eigenvalue weighted by Crippen LogP contribution is 2.26. The van der Waals surface area contributed by atoms with Crippen molar-refractivity contribution in [3.8, 4) is 5.75 Å². The average molecular weight is 251 g/mol. The Labute approximate surface area is 110 Å². The zero-order valence-corrected chi connectivity index (χ0v) is 12.1. The molecule has 2 N–H and O–H groups in total. The Balaban J connectivity index is 2.82. The Hall–Kier alpha value is -1.06. The minimum Gasteiger partial charge on any atom is -0.497 e. The van der Waals surface area contributed by atoms with Crippen LogP contribution in [0.3, 0.4) is 0 Å². The van der Waals surface area contributed by atoms with Crippen LogP contribution in [0.5, 0.6) is 5.75 Å². The van der Waals surface area contributed by atoms with Crippen LogP contribution in [0.15, 0.2) is 12.1 Å². The van der Waals surface area contributed by atoms with Crippen LogP contribution in [0.2, 0.25) is 0 Å². The second-order valence-electron chi connectivity index (χ2n) is 4.91. The van der Waals surface area contributed by atoms with Crippen molar-refractivity contribution in [1.29, 1.82) is 0 Å². The summed E-state index contributed by atoms with van der Waals surface area (Å²) in [5, 5.41) is 13.6. The molecule has 3 nitrogen and oxygen atoms in total. The van der Waals surface area contributed by atoms with E-state index >= 15 is 0 Å². The van der Waals surface area contributed by atoms with Gasteiger partial charge in [0.1, 0.15) is 5.75 Å². The molecule has 1 aromatic carbocycles. The molecule has 1 aromatic rings. The van der Waals surface area contributed by atoms with Crippen molar-refractivity contribution in [2.45, 2.75) is 46.3 Å². The number of hydrogen-bond acceptors (Lipinski definition) is 3. The summed E-state index contributed by atoms with van der Waals surface area (Å²) in [5.74, 6) is 0.843. The zero-order chi connectivity index (χ0) is 13.7. The minimum absolute atomic E-state index is 0.429. The number of aliphatic hydroxyl groups excluding tert-OH is 1. The number of nitrogens with one attached hydrogen (secondary N) is 1. The fourth-order valence-electron chi connectivity index (χ4n) is 2.14. The number of hydrogen-bond donors (Lipinski definition) is 2. The highest BCUT2D eigenvalue weighted by Gasteiger charge is 2.15. The number of methoxy groups -OCH3 is 1. The molecule has 0 spiro atoms. The lowest BCUT2D eigenvalue weighted by Gasteiger charge is -2.20. The van der Waals surface area contributed by atoms with Gasteiger partial charge in [-0.1, -0.05) is 6.92 Å². The van der Waals surface area contributed by atoms with Gasteiger partial charge in [0.2, 0.25) is 0 Å². The molecule has 2 atom stereocenters. The van der Waals surface area contributed by atoms with E-state index in [0.717, 1.165) is 28.9 Å². The lowest BCUT2D eigenvalue weighted by atomic mass is 9.97. The Kier molecular flexibility index (Phi) is 5.63. The van der Waals surface area contributed by atoms with Crippen LogP contribution in [0, 0.1) is 13.8 Å². The molecule has 18 heavy (non-hydrogen) atoms. The first kappa shape index (κ1) is 15.0. The van der Waals surface area contributed by atoms with Crippen LogP contribution in [-0.2, 0) is 0 Å². The van der Waals surface area contributed by atoms with Crippen LogP contribution in [0.25, 0.3) is 0 Å². The quantitative estimate of drug-likeness (QED) is 0.817. The van der Waals surface area contributed by atoms with Crippen LogP contribution >= 0.6 is 0 Å². The van der Waals surface area contributed by atoms with Crippen molar-refractivity contribution >= 4 is 0 Å². The predicted molar refractivity (Wildman–Crippen MR) is 75.2 cm³/mol. The Morgan fingerprint density at radius 2 is 1.83 bits per heavy atom. The molecule has 0 saturated heterocycles. The second-order valence-corrected chi connectivity index (χ2v) is 4.91. The van der Waals surface area contributed by atoms with Gasteiger partial charge in [0.25, 0.3) is 0 Å². The van der Waals surface area contributed by atoms with E-state index < -0.39 is 6.10 Å². The molecular formula is C15H25NO2. The largest absolute Gasteiger partial charge is 0.497 e. The summed E-state index contributed by atoms with van der Waals surface area (Å²) in [6.07, 6.45) is 0.595. The third-order valence-corrected chi connectivity index (χ3v) is 3.41. The monoisotopic (exact) mass is 251 g/mol. The summed E-state index contributed by atoms with van der Waals surface area (Å²) >= 11 is 0. The molecule has 0 heterocycles. The molecule has 1 rings (SSSR count). The molecule has 0 bridgehead atoms. The normalized spacial score (nSPS) is 14.3. The fourth-order valence-corrected chi connectivity index (χ4v) is 2.14. The van der Waals surface area contributed by atoms with E-state index in [9.17, 15) is 5.11 Å². The second kappa shape index (κ2) is 6.76. The van der Waals surface area contributed by atoms with Gasteiger partial charge in [0.15, 0.2) is 0 Å². The maximum Gasteiger partial charge on any atom is 0.119 e. The predicted octanol–water partition coefficient (Wildman–Crippen LogP) is 2.73. The molecule has 102 valence electrons. The van der Waals surface area contributed by atoms with Gasteiger partial charge in [-0.15, -0.1) is 0 Å². The first-order valence-electron chi connectivity index (χ1n) is 6.56. The summed E-state index contributed by atoms with van der Waals surface area (Å²) in [5.41, 5.74) is 3.15. The van der Waals surface area contributed by atoms with Crippen molar-refractivity contribution in [1.82, 2.24) is 5.32 Å². The topological polar surface area (TPSA) is 41.5 Å². The molecule has 0 radical (unpaired) electrons. The SMILES string of the molecule is CCC(C)NCC(O)c1c(C)cc(OC)cc1C. The summed E-state index contributed by atoms with van der Waals surface area (Å²) in [7, 11) is 1.66. The van der Waals surface area contributed by atoms with E-state index in [0.29, 0.717) is 12.6 Å². The number of ether oxygens (including phenoxy) is 1. The lowest BCUT2D eigenvalue weighted by Crippen LogP contribution is -2.30. The molecule has 0 amide bonds. The van der Waals surface area contributed by atoms with Crippen molar-refractivity contribution in [2.24, 2.45) is 0 Å². The molecule has 0 aliphatic carbocycles. The maximum atomic E-state index is 10.3. The zero-order valence-electron chi connectivity index (χ0n) is 12.1. The highest BCUT2D eigenvalue weighted by atomic mass is 16.5. The van der Waals surface area contributed by atoms with Crippen LogP contribution in [-0.4, -0.2) is 24.8 Å². The van der Waals surface area contributed by atoms with Crippen molar-refractivity contribution in [3.63, 3.8) is 0 Å². The van der Waals surface area contributed by atoms with Gasteiger partial charge in [-0.05, 0) is 56.0 Å². The van der Waals surface area contributed by atoms with Crippen molar-refractivity contribution in [2.75, 3.05) is 13.7 Å². The van der Waals surface area contributed by atoms with Crippen LogP contribution in [0.1, 0.15) is 43.1 Å². The summed E-state index contributed by atoms with van der Waals surface area (Å²) in [6.45, 7) is 8.87. The van der Waals surface area contributed by atoms with Crippen molar-refractivity contribution in [3.05, 3.63) is 28.8 Å². The Bertz CT molecular complexity index is 367. The molecule has 0 aromatic heterocycles. The van der Waals surface area contributed by atoms with E-state index in [1.54, 1.807) is 7.11 Å². The summed E-state index contributed by atoms with van der Waals surface area (Å²) in [6, 6.07) is 4.36. The Morgan fingerprint density at radius 3 is 2.28 bits per heavy atom. The fraction of sp³-hybridized carbons (Fsp3) is 0.600. The number of aliphatic hydroxyl groups is 1. The van der Waals surface area contributed by atoms with E-state index in [4.69, 9.17) is 4.74 Å². The third-order valence-electron chi connectivity index (χ3n) is 3.41. The van der Waals surface area contributed by atoms with Gasteiger partial charge in [-0.25, -0.2) is 0 Å². The molecule has 2 unspecified atom stereocenters. The van der Waals surface area contributed by atoms with Crippen LogP contribution in [0.4, 0.5) is 0 Å². The first-order chi connectivity index (χ1) is 8.49. The van der Waals surface area contributed by atoms with Crippen molar-refractivity contribution < 1.29 is 9.84 Å². The van der Waals surface area contributed by atoms with E-state index in [1.165, 1.54) is 0 Å². The van der Waals surface area contributed by atoms with E-state index in [1.807, 2.05) is 26.0 Å². The molecule has 3 heteroatoms. The maximum absolute atomic E-state index is 10.3. The average Bonchev–Trinajstić information content (AvgIpc) is 2.34. The number of aryl methyl sites for hydroxylation is 2. The van der Waals surface area contributed by atoms with Gasteiger partial charge in [-0.2, -0.15) is 0 Å². The summed E-state index contributed by atoms with van der Waals surface area (Å²) in [4.78, 5) is 0. The standard InChI is InChI=1S/C15H25NO2/c1-6-12(4)16-9-14(17)15-10(2)7-13(18-5)8-11(15)3/h7-8,12,14,16-17H,6,9H2,1-5H3. The number of rotatable bonds is 6. The molecule has 0 aliphatic rings.